The summed E-state index contributed by atoms with van der Waals surface area (Å²) < 4.78 is 6.51. The second-order valence-corrected chi connectivity index (χ2v) is 7.00. The molecule has 4 saturated carbocycles. The van der Waals surface area contributed by atoms with E-state index in [9.17, 15) is 0 Å². The minimum absolute atomic E-state index is 0.520. The van der Waals surface area contributed by atoms with Crippen molar-refractivity contribution >= 4 is 0 Å². The van der Waals surface area contributed by atoms with Crippen LogP contribution in [0.1, 0.15) is 44.9 Å². The topological polar surface area (TPSA) is 21.3 Å². The highest BCUT2D eigenvalue weighted by Crippen LogP contribution is 2.54. The molecule has 1 atom stereocenters. The summed E-state index contributed by atoms with van der Waals surface area (Å²) in [5.41, 5.74) is 0. The Morgan fingerprint density at radius 1 is 0.882 bits per heavy atom. The van der Waals surface area contributed by atoms with Gasteiger partial charge in [-0.15, -0.1) is 0 Å². The number of nitrogens with one attached hydrogen (secondary N) is 1. The summed E-state index contributed by atoms with van der Waals surface area (Å²) in [7, 11) is 0. The normalized spacial score (nSPS) is 52.9. The van der Waals surface area contributed by atoms with E-state index in [0.29, 0.717) is 12.2 Å². The van der Waals surface area contributed by atoms with E-state index in [0.717, 1.165) is 30.2 Å². The van der Waals surface area contributed by atoms with E-state index in [1.54, 1.807) is 6.42 Å². The van der Waals surface area contributed by atoms with E-state index in [4.69, 9.17) is 4.74 Å². The summed E-state index contributed by atoms with van der Waals surface area (Å²) in [4.78, 5) is 0. The highest BCUT2D eigenvalue weighted by atomic mass is 16.5. The van der Waals surface area contributed by atoms with Crippen LogP contribution >= 0.6 is 0 Å². The molecule has 0 aromatic rings. The third kappa shape index (κ3) is 1.94. The van der Waals surface area contributed by atoms with Crippen molar-refractivity contribution in [3.63, 3.8) is 0 Å². The van der Waals surface area contributed by atoms with Crippen LogP contribution in [0.2, 0.25) is 0 Å². The summed E-state index contributed by atoms with van der Waals surface area (Å²) >= 11 is 0. The van der Waals surface area contributed by atoms with Gasteiger partial charge in [0.2, 0.25) is 0 Å². The summed E-state index contributed by atoms with van der Waals surface area (Å²) in [6.07, 6.45) is 11.2. The van der Waals surface area contributed by atoms with Crippen molar-refractivity contribution in [2.24, 2.45) is 23.7 Å². The Balaban J connectivity index is 1.43. The molecule has 1 N–H and O–H groups in total. The molecule has 0 spiro atoms. The maximum atomic E-state index is 6.51. The zero-order chi connectivity index (χ0) is 11.2. The molecule has 5 fully saturated rings. The summed E-state index contributed by atoms with van der Waals surface area (Å²) in [6.45, 7) is 2.30. The zero-order valence-electron chi connectivity index (χ0n) is 10.7. The highest BCUT2D eigenvalue weighted by molar-refractivity contribution is 4.99. The van der Waals surface area contributed by atoms with E-state index >= 15 is 0 Å². The fourth-order valence-electron chi connectivity index (χ4n) is 5.26. The van der Waals surface area contributed by atoms with E-state index in [1.165, 1.54) is 45.1 Å². The first-order chi connectivity index (χ1) is 8.38. The van der Waals surface area contributed by atoms with E-state index < -0.39 is 0 Å². The fraction of sp³-hybridized carbons (Fsp3) is 1.00. The predicted molar refractivity (Wildman–Crippen MR) is 67.8 cm³/mol. The minimum atomic E-state index is 0.520. The maximum absolute atomic E-state index is 6.51. The van der Waals surface area contributed by atoms with Gasteiger partial charge in [0.25, 0.3) is 0 Å². The molecule has 4 aliphatic carbocycles. The maximum Gasteiger partial charge on any atom is 0.0704 e. The molecule has 1 heterocycles. The van der Waals surface area contributed by atoms with E-state index in [-0.39, 0.29) is 0 Å². The first kappa shape index (κ1) is 10.8. The van der Waals surface area contributed by atoms with Crippen molar-refractivity contribution in [2.45, 2.75) is 57.2 Å². The first-order valence-electron chi connectivity index (χ1n) is 7.74. The number of ether oxygens (including phenoxy) is 1. The van der Waals surface area contributed by atoms with Gasteiger partial charge in [0.1, 0.15) is 0 Å². The van der Waals surface area contributed by atoms with Crippen LogP contribution in [0, 0.1) is 23.7 Å². The van der Waals surface area contributed by atoms with Crippen molar-refractivity contribution in [3.05, 3.63) is 0 Å². The third-order valence-corrected chi connectivity index (χ3v) is 5.74. The minimum Gasteiger partial charge on any atom is -0.373 e. The quantitative estimate of drug-likeness (QED) is 0.794. The molecular formula is C15H25NO. The van der Waals surface area contributed by atoms with Gasteiger partial charge in [-0.25, -0.2) is 0 Å². The van der Waals surface area contributed by atoms with Gasteiger partial charge in [-0.1, -0.05) is 0 Å². The Labute approximate surface area is 104 Å². The molecule has 5 rings (SSSR count). The summed E-state index contributed by atoms with van der Waals surface area (Å²) in [5, 5.41) is 3.48. The Morgan fingerprint density at radius 3 is 2.18 bits per heavy atom. The monoisotopic (exact) mass is 235 g/mol. The average molecular weight is 235 g/mol. The molecule has 1 unspecified atom stereocenters. The van der Waals surface area contributed by atoms with Gasteiger partial charge in [-0.05, 0) is 75.2 Å². The summed E-state index contributed by atoms with van der Waals surface area (Å²) in [5.74, 6) is 3.99. The van der Waals surface area contributed by atoms with Gasteiger partial charge in [-0.3, -0.25) is 0 Å². The Morgan fingerprint density at radius 2 is 1.59 bits per heavy atom. The van der Waals surface area contributed by atoms with Crippen LogP contribution in [0.15, 0.2) is 0 Å². The molecule has 96 valence electrons. The van der Waals surface area contributed by atoms with Crippen LogP contribution in [-0.4, -0.2) is 25.3 Å². The molecule has 17 heavy (non-hydrogen) atoms. The van der Waals surface area contributed by atoms with Gasteiger partial charge >= 0.3 is 0 Å². The number of hydrogen-bond acceptors (Lipinski definition) is 2. The van der Waals surface area contributed by atoms with Crippen LogP contribution < -0.4 is 5.32 Å². The fourth-order valence-corrected chi connectivity index (χ4v) is 5.26. The average Bonchev–Trinajstić information content (AvgIpc) is 2.34. The molecule has 1 saturated heterocycles. The van der Waals surface area contributed by atoms with Gasteiger partial charge in [0.05, 0.1) is 12.2 Å². The zero-order valence-corrected chi connectivity index (χ0v) is 10.7. The second-order valence-electron chi connectivity index (χ2n) is 7.00. The van der Waals surface area contributed by atoms with Crippen molar-refractivity contribution in [3.8, 4) is 0 Å². The van der Waals surface area contributed by atoms with Gasteiger partial charge < -0.3 is 10.1 Å². The van der Waals surface area contributed by atoms with Crippen LogP contribution in [-0.2, 0) is 4.74 Å². The summed E-state index contributed by atoms with van der Waals surface area (Å²) in [6, 6.07) is 0. The molecule has 0 aromatic carbocycles. The number of piperidine rings is 1. The second kappa shape index (κ2) is 4.24. The predicted octanol–water partition coefficient (Wildman–Crippen LogP) is 2.58. The smallest absolute Gasteiger partial charge is 0.0704 e. The number of rotatable bonds is 2. The van der Waals surface area contributed by atoms with Crippen LogP contribution in [0.5, 0.6) is 0 Å². The number of hydrogen-bond donors (Lipinski definition) is 1. The standard InChI is InChI=1S/C15H25NO/c1-2-14(9-16-3-1)17-15-12-5-10-4-11(7-12)8-13(15)6-10/h10-16H,1-9H2. The molecule has 4 bridgehead atoms. The first-order valence-corrected chi connectivity index (χ1v) is 7.74. The lowest BCUT2D eigenvalue weighted by Gasteiger charge is -2.54. The molecule has 2 heteroatoms. The molecule has 0 radical (unpaired) electrons. The van der Waals surface area contributed by atoms with Crippen molar-refractivity contribution in [1.29, 1.82) is 0 Å². The molecular weight excluding hydrogens is 210 g/mol. The van der Waals surface area contributed by atoms with Crippen LogP contribution in [0.25, 0.3) is 0 Å². The van der Waals surface area contributed by atoms with Crippen LogP contribution in [0.3, 0.4) is 0 Å². The van der Waals surface area contributed by atoms with Crippen LogP contribution in [0.4, 0.5) is 0 Å². The van der Waals surface area contributed by atoms with Gasteiger partial charge in [0.15, 0.2) is 0 Å². The Hall–Kier alpha value is -0.0800. The van der Waals surface area contributed by atoms with E-state index in [1.807, 2.05) is 0 Å². The van der Waals surface area contributed by atoms with Crippen molar-refractivity contribution in [1.82, 2.24) is 5.32 Å². The lowest BCUT2D eigenvalue weighted by Crippen LogP contribution is -2.51. The van der Waals surface area contributed by atoms with Crippen molar-refractivity contribution in [2.75, 3.05) is 13.1 Å². The molecule has 0 aromatic heterocycles. The lowest BCUT2D eigenvalue weighted by atomic mass is 9.55. The van der Waals surface area contributed by atoms with Gasteiger partial charge in [0, 0.05) is 6.54 Å². The third-order valence-electron chi connectivity index (χ3n) is 5.74. The molecule has 2 nitrogen and oxygen atoms in total. The lowest BCUT2D eigenvalue weighted by molar-refractivity contribution is -0.153. The Kier molecular flexibility index (Phi) is 2.69. The van der Waals surface area contributed by atoms with Gasteiger partial charge in [-0.2, -0.15) is 0 Å². The molecule has 0 amide bonds. The highest BCUT2D eigenvalue weighted by Gasteiger charge is 2.49. The molecule has 1 aliphatic heterocycles. The SMILES string of the molecule is C1CNCC(OC2C3CC4CC(C3)CC2C4)C1. The largest absolute Gasteiger partial charge is 0.373 e. The van der Waals surface area contributed by atoms with Crippen molar-refractivity contribution < 1.29 is 4.74 Å². The van der Waals surface area contributed by atoms with E-state index in [2.05, 4.69) is 5.32 Å². The molecule has 5 aliphatic rings. The Bertz CT molecular complexity index is 257.